The largest absolute Gasteiger partial charge is 0.497 e. The summed E-state index contributed by atoms with van der Waals surface area (Å²) in [5.41, 5.74) is 0.720. The topological polar surface area (TPSA) is 64.6 Å². The van der Waals surface area contributed by atoms with Crippen molar-refractivity contribution in [3.8, 4) is 5.75 Å². The molecule has 0 bridgehead atoms. The first-order valence-corrected chi connectivity index (χ1v) is 8.01. The summed E-state index contributed by atoms with van der Waals surface area (Å²) in [6.07, 6.45) is 0.514. The van der Waals surface area contributed by atoms with Crippen molar-refractivity contribution in [2.75, 3.05) is 20.3 Å². The maximum Gasteiger partial charge on any atom is 0.307 e. The van der Waals surface area contributed by atoms with Gasteiger partial charge < -0.3 is 14.8 Å². The van der Waals surface area contributed by atoms with Crippen LogP contribution in [0.1, 0.15) is 22.3 Å². The molecule has 0 aliphatic carbocycles. The lowest BCUT2D eigenvalue weighted by atomic mass is 10.1. The zero-order chi connectivity index (χ0) is 18.9. The molecule has 0 heterocycles. The lowest BCUT2D eigenvalue weighted by molar-refractivity contribution is -0.143. The highest BCUT2D eigenvalue weighted by Crippen LogP contribution is 2.12. The van der Waals surface area contributed by atoms with Crippen LogP contribution in [0.4, 0.5) is 8.78 Å². The number of benzene rings is 2. The van der Waals surface area contributed by atoms with Crippen LogP contribution in [-0.4, -0.2) is 32.1 Å². The molecule has 0 unspecified atom stereocenters. The molecule has 0 aliphatic rings. The normalized spacial score (nSPS) is 10.3. The van der Waals surface area contributed by atoms with Gasteiger partial charge in [-0.1, -0.05) is 12.1 Å². The Labute approximate surface area is 149 Å². The van der Waals surface area contributed by atoms with Gasteiger partial charge in [0.25, 0.3) is 5.91 Å². The number of halogens is 2. The molecule has 26 heavy (non-hydrogen) atoms. The zero-order valence-corrected chi connectivity index (χ0v) is 14.3. The van der Waals surface area contributed by atoms with Gasteiger partial charge in [-0.05, 0) is 29.8 Å². The van der Waals surface area contributed by atoms with E-state index in [0.717, 1.165) is 23.4 Å². The highest BCUT2D eigenvalue weighted by atomic mass is 19.1. The number of rotatable bonds is 8. The van der Waals surface area contributed by atoms with E-state index in [4.69, 9.17) is 9.47 Å². The molecule has 138 valence electrons. The monoisotopic (exact) mass is 363 g/mol. The number of esters is 1. The number of amides is 1. The summed E-state index contributed by atoms with van der Waals surface area (Å²) in [6.45, 7) is 0.211. The number of methoxy groups -OCH3 is 1. The lowest BCUT2D eigenvalue weighted by Crippen LogP contribution is -2.27. The Morgan fingerprint density at radius 2 is 1.81 bits per heavy atom. The van der Waals surface area contributed by atoms with E-state index in [1.54, 1.807) is 7.11 Å². The molecular weight excluding hydrogens is 344 g/mol. The van der Waals surface area contributed by atoms with Crippen molar-refractivity contribution in [1.82, 2.24) is 5.32 Å². The number of hydrogen-bond donors (Lipinski definition) is 1. The molecule has 0 aromatic heterocycles. The van der Waals surface area contributed by atoms with E-state index in [1.807, 2.05) is 24.3 Å². The zero-order valence-electron chi connectivity index (χ0n) is 14.3. The predicted molar refractivity (Wildman–Crippen MR) is 91.0 cm³/mol. The Bertz CT molecular complexity index is 763. The lowest BCUT2D eigenvalue weighted by Gasteiger charge is -2.07. The third-order valence-corrected chi connectivity index (χ3v) is 3.60. The van der Waals surface area contributed by atoms with Crippen molar-refractivity contribution < 1.29 is 27.8 Å². The summed E-state index contributed by atoms with van der Waals surface area (Å²) in [6, 6.07) is 10.1. The van der Waals surface area contributed by atoms with Gasteiger partial charge in [0.1, 0.15) is 17.4 Å². The molecule has 0 saturated carbocycles. The molecule has 1 N–H and O–H groups in total. The van der Waals surface area contributed by atoms with Crippen molar-refractivity contribution in [2.24, 2.45) is 0 Å². The summed E-state index contributed by atoms with van der Waals surface area (Å²) >= 11 is 0. The van der Waals surface area contributed by atoms with E-state index in [-0.39, 0.29) is 25.1 Å². The number of ether oxygens (including phenoxy) is 2. The summed E-state index contributed by atoms with van der Waals surface area (Å²) in [5, 5.41) is 2.39. The van der Waals surface area contributed by atoms with E-state index >= 15 is 0 Å². The third kappa shape index (κ3) is 5.84. The minimum Gasteiger partial charge on any atom is -0.497 e. The molecular formula is C19H19F2NO4. The van der Waals surface area contributed by atoms with Gasteiger partial charge in [0.05, 0.1) is 25.7 Å². The fraction of sp³-hybridized carbons (Fsp3) is 0.263. The number of carbonyl (C=O) groups is 2. The van der Waals surface area contributed by atoms with Crippen LogP contribution in [0.15, 0.2) is 42.5 Å². The second-order valence-electron chi connectivity index (χ2n) is 5.45. The summed E-state index contributed by atoms with van der Waals surface area (Å²) < 4.78 is 36.4. The molecule has 1 amide bonds. The molecule has 2 aromatic carbocycles. The molecule has 0 aliphatic heterocycles. The molecule has 0 radical (unpaired) electrons. The Balaban J connectivity index is 1.67. The molecule has 5 nitrogen and oxygen atoms in total. The van der Waals surface area contributed by atoms with Crippen molar-refractivity contribution in [3.05, 3.63) is 65.2 Å². The van der Waals surface area contributed by atoms with Crippen LogP contribution >= 0.6 is 0 Å². The minimum atomic E-state index is -0.954. The van der Waals surface area contributed by atoms with Crippen molar-refractivity contribution in [3.63, 3.8) is 0 Å². The van der Waals surface area contributed by atoms with E-state index in [9.17, 15) is 18.4 Å². The molecule has 0 fully saturated rings. The van der Waals surface area contributed by atoms with Crippen LogP contribution in [0.5, 0.6) is 5.75 Å². The summed E-state index contributed by atoms with van der Waals surface area (Å²) in [4.78, 5) is 23.4. The highest BCUT2D eigenvalue weighted by molar-refractivity contribution is 5.94. The van der Waals surface area contributed by atoms with Gasteiger partial charge >= 0.3 is 5.97 Å². The first-order chi connectivity index (χ1) is 12.5. The second-order valence-corrected chi connectivity index (χ2v) is 5.45. The molecule has 0 saturated heterocycles. The van der Waals surface area contributed by atoms with E-state index in [2.05, 4.69) is 5.32 Å². The highest BCUT2D eigenvalue weighted by Gasteiger charge is 2.12. The SMILES string of the molecule is COc1ccc(CCOC(=O)CCNC(=O)c2ccc(F)cc2F)cc1. The van der Waals surface area contributed by atoms with Gasteiger partial charge in [-0.3, -0.25) is 9.59 Å². The van der Waals surface area contributed by atoms with Crippen LogP contribution in [0.25, 0.3) is 0 Å². The van der Waals surface area contributed by atoms with Gasteiger partial charge in [0.15, 0.2) is 0 Å². The number of hydrogen-bond acceptors (Lipinski definition) is 4. The van der Waals surface area contributed by atoms with E-state index in [1.165, 1.54) is 0 Å². The molecule has 0 spiro atoms. The van der Waals surface area contributed by atoms with Crippen LogP contribution in [0.2, 0.25) is 0 Å². The first-order valence-electron chi connectivity index (χ1n) is 8.01. The third-order valence-electron chi connectivity index (χ3n) is 3.60. The van der Waals surface area contributed by atoms with E-state index in [0.29, 0.717) is 12.5 Å². The van der Waals surface area contributed by atoms with Crippen LogP contribution in [0.3, 0.4) is 0 Å². The quantitative estimate of drug-likeness (QED) is 0.733. The van der Waals surface area contributed by atoms with Crippen molar-refractivity contribution in [2.45, 2.75) is 12.8 Å². The molecule has 0 atom stereocenters. The van der Waals surface area contributed by atoms with Gasteiger partial charge in [0, 0.05) is 19.0 Å². The van der Waals surface area contributed by atoms with Crippen LogP contribution in [0, 0.1) is 11.6 Å². The van der Waals surface area contributed by atoms with Crippen LogP contribution < -0.4 is 10.1 Å². The standard InChI is InChI=1S/C19H19F2NO4/c1-25-15-5-2-13(3-6-15)9-11-26-18(23)8-10-22-19(24)16-7-4-14(20)12-17(16)21/h2-7,12H,8-11H2,1H3,(H,22,24). The Morgan fingerprint density at radius 1 is 1.08 bits per heavy atom. The van der Waals surface area contributed by atoms with E-state index < -0.39 is 23.5 Å². The smallest absolute Gasteiger partial charge is 0.307 e. The fourth-order valence-corrected chi connectivity index (χ4v) is 2.19. The number of nitrogens with one attached hydrogen (secondary N) is 1. The second kappa shape index (κ2) is 9.50. The Morgan fingerprint density at radius 3 is 2.46 bits per heavy atom. The average Bonchev–Trinajstić information content (AvgIpc) is 2.62. The summed E-state index contributed by atoms with van der Waals surface area (Å²) in [7, 11) is 1.58. The van der Waals surface area contributed by atoms with Gasteiger partial charge in [-0.15, -0.1) is 0 Å². The Kier molecular flexibility index (Phi) is 7.08. The van der Waals surface area contributed by atoms with Gasteiger partial charge in [0.2, 0.25) is 0 Å². The summed E-state index contributed by atoms with van der Waals surface area (Å²) in [5.74, 6) is -2.16. The average molecular weight is 363 g/mol. The maximum absolute atomic E-state index is 13.5. The predicted octanol–water partition coefficient (Wildman–Crippen LogP) is 2.88. The maximum atomic E-state index is 13.5. The van der Waals surface area contributed by atoms with Gasteiger partial charge in [-0.2, -0.15) is 0 Å². The van der Waals surface area contributed by atoms with Crippen molar-refractivity contribution >= 4 is 11.9 Å². The van der Waals surface area contributed by atoms with Crippen molar-refractivity contribution in [1.29, 1.82) is 0 Å². The molecule has 7 heteroatoms. The minimum absolute atomic E-state index is 0.00296. The van der Waals surface area contributed by atoms with Gasteiger partial charge in [-0.25, -0.2) is 8.78 Å². The Hall–Kier alpha value is -2.96. The number of carbonyl (C=O) groups excluding carboxylic acids is 2. The van der Waals surface area contributed by atoms with Crippen LogP contribution in [-0.2, 0) is 16.0 Å². The fourth-order valence-electron chi connectivity index (χ4n) is 2.19. The molecule has 2 aromatic rings. The molecule has 2 rings (SSSR count). The first kappa shape index (κ1) is 19.4.